The largest absolute Gasteiger partial charge is 0.354 e. The van der Waals surface area contributed by atoms with Gasteiger partial charge in [-0.25, -0.2) is 4.79 Å². The highest BCUT2D eigenvalue weighted by Crippen LogP contribution is 2.30. The molecular weight excluding hydrogens is 301 g/mol. The van der Waals surface area contributed by atoms with Crippen molar-refractivity contribution < 1.29 is 9.59 Å². The molecule has 0 bridgehead atoms. The van der Waals surface area contributed by atoms with Gasteiger partial charge in [0.25, 0.3) is 0 Å². The minimum Gasteiger partial charge on any atom is -0.354 e. The van der Waals surface area contributed by atoms with Crippen molar-refractivity contribution in [2.45, 2.75) is 25.8 Å². The SMILES string of the molecule is C[C@H](CNC(=O)[C@@H](C)NC(N)=O)c1c(Cl)cccc1Cl. The average Bonchev–Trinajstić information content (AvgIpc) is 2.34. The first kappa shape index (κ1) is 16.6. The molecule has 0 aliphatic heterocycles. The summed E-state index contributed by atoms with van der Waals surface area (Å²) in [6, 6.07) is 3.82. The second kappa shape index (κ2) is 7.36. The molecule has 3 amide bonds. The van der Waals surface area contributed by atoms with Crippen LogP contribution in [0.4, 0.5) is 4.79 Å². The number of halogens is 2. The maximum absolute atomic E-state index is 11.7. The van der Waals surface area contributed by atoms with Crippen molar-refractivity contribution >= 4 is 35.1 Å². The van der Waals surface area contributed by atoms with Crippen molar-refractivity contribution in [3.8, 4) is 0 Å². The first-order valence-corrected chi connectivity index (χ1v) is 6.86. The van der Waals surface area contributed by atoms with Gasteiger partial charge in [-0.15, -0.1) is 0 Å². The number of urea groups is 1. The lowest BCUT2D eigenvalue weighted by Gasteiger charge is -2.18. The van der Waals surface area contributed by atoms with E-state index in [1.807, 2.05) is 6.92 Å². The van der Waals surface area contributed by atoms with Crippen LogP contribution >= 0.6 is 23.2 Å². The van der Waals surface area contributed by atoms with E-state index in [1.54, 1.807) is 25.1 Å². The Kier molecular flexibility index (Phi) is 6.10. The Morgan fingerprint density at radius 1 is 1.25 bits per heavy atom. The number of primary amides is 1. The van der Waals surface area contributed by atoms with E-state index in [2.05, 4.69) is 10.6 Å². The molecule has 0 unspecified atom stereocenters. The first-order valence-electron chi connectivity index (χ1n) is 6.10. The molecule has 20 heavy (non-hydrogen) atoms. The molecular formula is C13H17Cl2N3O2. The molecule has 0 aliphatic rings. The van der Waals surface area contributed by atoms with Gasteiger partial charge in [-0.2, -0.15) is 0 Å². The molecule has 4 N–H and O–H groups in total. The maximum Gasteiger partial charge on any atom is 0.312 e. The van der Waals surface area contributed by atoms with Crippen molar-refractivity contribution in [1.29, 1.82) is 0 Å². The van der Waals surface area contributed by atoms with Crippen LogP contribution in [-0.2, 0) is 4.79 Å². The monoisotopic (exact) mass is 317 g/mol. The molecule has 5 nitrogen and oxygen atoms in total. The fraction of sp³-hybridized carbons (Fsp3) is 0.385. The van der Waals surface area contributed by atoms with Crippen LogP contribution in [0.1, 0.15) is 25.3 Å². The van der Waals surface area contributed by atoms with E-state index in [0.29, 0.717) is 16.6 Å². The Balaban J connectivity index is 2.61. The zero-order chi connectivity index (χ0) is 15.3. The number of amides is 3. The van der Waals surface area contributed by atoms with Crippen LogP contribution in [0.2, 0.25) is 10.0 Å². The number of nitrogens with two attached hydrogens (primary N) is 1. The number of carbonyl (C=O) groups excluding carboxylic acids is 2. The van der Waals surface area contributed by atoms with Crippen molar-refractivity contribution in [1.82, 2.24) is 10.6 Å². The van der Waals surface area contributed by atoms with E-state index in [4.69, 9.17) is 28.9 Å². The number of carbonyl (C=O) groups is 2. The molecule has 0 fully saturated rings. The lowest BCUT2D eigenvalue weighted by atomic mass is 10.0. The van der Waals surface area contributed by atoms with Crippen molar-refractivity contribution in [2.24, 2.45) is 5.73 Å². The summed E-state index contributed by atoms with van der Waals surface area (Å²) < 4.78 is 0. The molecule has 0 aliphatic carbocycles. The summed E-state index contributed by atoms with van der Waals surface area (Å²) in [6.45, 7) is 3.81. The van der Waals surface area contributed by atoms with Crippen molar-refractivity contribution in [3.05, 3.63) is 33.8 Å². The van der Waals surface area contributed by atoms with Crippen LogP contribution in [0, 0.1) is 0 Å². The Labute approximate surface area is 127 Å². The lowest BCUT2D eigenvalue weighted by molar-refractivity contribution is -0.122. The molecule has 0 radical (unpaired) electrons. The molecule has 0 saturated carbocycles. The quantitative estimate of drug-likeness (QED) is 0.778. The summed E-state index contributed by atoms with van der Waals surface area (Å²) in [7, 11) is 0. The van der Waals surface area contributed by atoms with Crippen LogP contribution in [0.15, 0.2) is 18.2 Å². The summed E-state index contributed by atoms with van der Waals surface area (Å²) in [6.07, 6.45) is 0. The van der Waals surface area contributed by atoms with E-state index in [9.17, 15) is 9.59 Å². The molecule has 0 heterocycles. The zero-order valence-corrected chi connectivity index (χ0v) is 12.8. The van der Waals surface area contributed by atoms with Gasteiger partial charge in [0, 0.05) is 22.5 Å². The topological polar surface area (TPSA) is 84.2 Å². The van der Waals surface area contributed by atoms with Crippen LogP contribution in [0.3, 0.4) is 0 Å². The van der Waals surface area contributed by atoms with Crippen LogP contribution in [-0.4, -0.2) is 24.5 Å². The third-order valence-electron chi connectivity index (χ3n) is 2.83. The average molecular weight is 318 g/mol. The third kappa shape index (κ3) is 4.58. The van der Waals surface area contributed by atoms with E-state index in [-0.39, 0.29) is 11.8 Å². The molecule has 7 heteroatoms. The maximum atomic E-state index is 11.7. The van der Waals surface area contributed by atoms with Gasteiger partial charge in [0.2, 0.25) is 5.91 Å². The van der Waals surface area contributed by atoms with Gasteiger partial charge in [-0.05, 0) is 24.6 Å². The van der Waals surface area contributed by atoms with Gasteiger partial charge >= 0.3 is 6.03 Å². The molecule has 110 valence electrons. The Bertz CT molecular complexity index is 488. The zero-order valence-electron chi connectivity index (χ0n) is 11.2. The van der Waals surface area contributed by atoms with Gasteiger partial charge in [-0.3, -0.25) is 4.79 Å². The second-order valence-electron chi connectivity index (χ2n) is 4.51. The van der Waals surface area contributed by atoms with Gasteiger partial charge < -0.3 is 16.4 Å². The molecule has 2 atom stereocenters. The van der Waals surface area contributed by atoms with Crippen LogP contribution in [0.25, 0.3) is 0 Å². The smallest absolute Gasteiger partial charge is 0.312 e. The number of rotatable bonds is 5. The summed E-state index contributed by atoms with van der Waals surface area (Å²) in [5, 5.41) is 6.13. The molecule has 0 spiro atoms. The fourth-order valence-corrected chi connectivity index (χ4v) is 2.54. The summed E-state index contributed by atoms with van der Waals surface area (Å²) in [5.41, 5.74) is 5.74. The summed E-state index contributed by atoms with van der Waals surface area (Å²) in [5.74, 6) is -0.375. The Hall–Kier alpha value is -1.46. The summed E-state index contributed by atoms with van der Waals surface area (Å²) >= 11 is 12.2. The highest BCUT2D eigenvalue weighted by Gasteiger charge is 2.17. The number of hydrogen-bond donors (Lipinski definition) is 3. The first-order chi connectivity index (χ1) is 9.32. The van der Waals surface area contributed by atoms with Gasteiger partial charge in [0.1, 0.15) is 6.04 Å². The minimum atomic E-state index is -0.741. The number of hydrogen-bond acceptors (Lipinski definition) is 2. The third-order valence-corrected chi connectivity index (χ3v) is 3.49. The highest BCUT2D eigenvalue weighted by molar-refractivity contribution is 6.36. The lowest BCUT2D eigenvalue weighted by Crippen LogP contribution is -2.47. The summed E-state index contributed by atoms with van der Waals surface area (Å²) in [4.78, 5) is 22.4. The number of nitrogens with one attached hydrogen (secondary N) is 2. The van der Waals surface area contributed by atoms with Gasteiger partial charge in [0.15, 0.2) is 0 Å². The fourth-order valence-electron chi connectivity index (χ4n) is 1.77. The van der Waals surface area contributed by atoms with Crippen LogP contribution in [0.5, 0.6) is 0 Å². The minimum absolute atomic E-state index is 0.0547. The molecule has 1 aromatic rings. The van der Waals surface area contributed by atoms with Crippen molar-refractivity contribution in [2.75, 3.05) is 6.54 Å². The second-order valence-corrected chi connectivity index (χ2v) is 5.33. The highest BCUT2D eigenvalue weighted by atomic mass is 35.5. The number of benzene rings is 1. The predicted octanol–water partition coefficient (Wildman–Crippen LogP) is 2.27. The predicted molar refractivity (Wildman–Crippen MR) is 80.1 cm³/mol. The Morgan fingerprint density at radius 3 is 2.30 bits per heavy atom. The Morgan fingerprint density at radius 2 is 1.80 bits per heavy atom. The van der Waals surface area contributed by atoms with Crippen LogP contribution < -0.4 is 16.4 Å². The standard InChI is InChI=1S/C13H17Cl2N3O2/c1-7(11-9(14)4-3-5-10(11)15)6-17-12(19)8(2)18-13(16)20/h3-5,7-8H,6H2,1-2H3,(H,17,19)(H3,16,18,20)/t7-,8-/m1/s1. The van der Waals surface area contributed by atoms with Gasteiger partial charge in [0.05, 0.1) is 0 Å². The van der Waals surface area contributed by atoms with Gasteiger partial charge in [-0.1, -0.05) is 36.2 Å². The molecule has 1 aromatic carbocycles. The molecule has 0 aromatic heterocycles. The van der Waals surface area contributed by atoms with E-state index in [1.165, 1.54) is 0 Å². The van der Waals surface area contributed by atoms with E-state index in [0.717, 1.165) is 5.56 Å². The van der Waals surface area contributed by atoms with Crippen molar-refractivity contribution in [3.63, 3.8) is 0 Å². The van der Waals surface area contributed by atoms with E-state index < -0.39 is 12.1 Å². The molecule has 1 rings (SSSR count). The normalized spacial score (nSPS) is 13.4. The molecule has 0 saturated heterocycles. The van der Waals surface area contributed by atoms with E-state index >= 15 is 0 Å².